The van der Waals surface area contributed by atoms with Crippen LogP contribution in [0.4, 0.5) is 4.39 Å². The third-order valence-corrected chi connectivity index (χ3v) is 2.97. The first-order chi connectivity index (χ1) is 10.2. The Hall–Kier alpha value is -2.06. The van der Waals surface area contributed by atoms with Gasteiger partial charge < -0.3 is 10.6 Å². The Bertz CT molecular complexity index is 540. The number of amides is 1. The van der Waals surface area contributed by atoms with Crippen LogP contribution in [0.5, 0.6) is 0 Å². The number of halogens is 2. The molecule has 1 aromatic rings. The van der Waals surface area contributed by atoms with Gasteiger partial charge in [0.15, 0.2) is 0 Å². The Kier molecular flexibility index (Phi) is 7.92. The molecule has 0 aliphatic carbocycles. The Balaban J connectivity index is 2.41. The number of nitrogens with zero attached hydrogens (tertiary/aromatic N) is 1. The lowest BCUT2D eigenvalue weighted by molar-refractivity contribution is -0.117. The molecule has 0 aliphatic rings. The molecule has 4 nitrogen and oxygen atoms in total. The molecule has 0 unspecified atom stereocenters. The topological polar surface area (TPSA) is 64.9 Å². The third kappa shape index (κ3) is 6.28. The van der Waals surface area contributed by atoms with Gasteiger partial charge >= 0.3 is 0 Å². The molecule has 2 N–H and O–H groups in total. The highest BCUT2D eigenvalue weighted by atomic mass is 35.5. The van der Waals surface area contributed by atoms with Crippen LogP contribution in [0.2, 0.25) is 0 Å². The summed E-state index contributed by atoms with van der Waals surface area (Å²) in [5, 5.41) is 14.3. The summed E-state index contributed by atoms with van der Waals surface area (Å²) < 4.78 is 13.4. The molecule has 0 heterocycles. The monoisotopic (exact) mass is 309 g/mol. The first-order valence-corrected chi connectivity index (χ1v) is 7.13. The van der Waals surface area contributed by atoms with Gasteiger partial charge in [0.2, 0.25) is 0 Å². The first-order valence-electron chi connectivity index (χ1n) is 6.60. The SMILES string of the molecule is N#C/C(=C/NCCc1ccccc1F)C(=O)NCCCCl. The van der Waals surface area contributed by atoms with E-state index < -0.39 is 5.91 Å². The van der Waals surface area contributed by atoms with Crippen molar-refractivity contribution in [3.05, 3.63) is 47.4 Å². The van der Waals surface area contributed by atoms with Gasteiger partial charge in [-0.1, -0.05) is 18.2 Å². The van der Waals surface area contributed by atoms with Crippen LogP contribution in [0.3, 0.4) is 0 Å². The van der Waals surface area contributed by atoms with Crippen LogP contribution in [0.15, 0.2) is 36.0 Å². The maximum Gasteiger partial charge on any atom is 0.263 e. The van der Waals surface area contributed by atoms with Crippen molar-refractivity contribution in [2.45, 2.75) is 12.8 Å². The Labute approximate surface area is 128 Å². The van der Waals surface area contributed by atoms with Crippen molar-refractivity contribution in [3.8, 4) is 6.07 Å². The van der Waals surface area contributed by atoms with E-state index in [1.807, 2.05) is 6.07 Å². The van der Waals surface area contributed by atoms with E-state index in [9.17, 15) is 9.18 Å². The van der Waals surface area contributed by atoms with Crippen molar-refractivity contribution in [1.82, 2.24) is 10.6 Å². The van der Waals surface area contributed by atoms with Gasteiger partial charge in [-0.15, -0.1) is 11.6 Å². The van der Waals surface area contributed by atoms with Crippen LogP contribution in [0, 0.1) is 17.1 Å². The molecule has 0 saturated heterocycles. The molecule has 0 aromatic heterocycles. The number of hydrogen-bond acceptors (Lipinski definition) is 3. The zero-order chi connectivity index (χ0) is 15.5. The molecule has 1 aromatic carbocycles. The van der Waals surface area contributed by atoms with Crippen molar-refractivity contribution in [3.63, 3.8) is 0 Å². The highest BCUT2D eigenvalue weighted by Gasteiger charge is 2.07. The Morgan fingerprint density at radius 2 is 2.14 bits per heavy atom. The predicted octanol–water partition coefficient (Wildman–Crippen LogP) is 2.11. The van der Waals surface area contributed by atoms with Gasteiger partial charge in [0.05, 0.1) is 0 Å². The van der Waals surface area contributed by atoms with E-state index in [0.717, 1.165) is 0 Å². The highest BCUT2D eigenvalue weighted by molar-refractivity contribution is 6.17. The predicted molar refractivity (Wildman–Crippen MR) is 80.1 cm³/mol. The lowest BCUT2D eigenvalue weighted by Crippen LogP contribution is -2.27. The van der Waals surface area contributed by atoms with E-state index in [1.54, 1.807) is 18.2 Å². The summed E-state index contributed by atoms with van der Waals surface area (Å²) >= 11 is 5.50. The van der Waals surface area contributed by atoms with Crippen LogP contribution in [-0.2, 0) is 11.2 Å². The van der Waals surface area contributed by atoms with E-state index in [2.05, 4.69) is 10.6 Å². The normalized spacial score (nSPS) is 10.8. The number of hydrogen-bond donors (Lipinski definition) is 2. The average molecular weight is 310 g/mol. The maximum atomic E-state index is 13.4. The molecule has 1 amide bonds. The summed E-state index contributed by atoms with van der Waals surface area (Å²) in [6, 6.07) is 8.31. The molecule has 112 valence electrons. The summed E-state index contributed by atoms with van der Waals surface area (Å²) in [5.74, 6) is -0.254. The number of carbonyl (C=O) groups is 1. The minimum Gasteiger partial charge on any atom is -0.389 e. The van der Waals surface area contributed by atoms with Gasteiger partial charge in [0, 0.05) is 25.2 Å². The summed E-state index contributed by atoms with van der Waals surface area (Å²) in [6.45, 7) is 0.859. The second-order valence-corrected chi connectivity index (χ2v) is 4.64. The quantitative estimate of drug-likeness (QED) is 0.334. The van der Waals surface area contributed by atoms with Crippen molar-refractivity contribution < 1.29 is 9.18 Å². The molecule has 21 heavy (non-hydrogen) atoms. The van der Waals surface area contributed by atoms with E-state index in [1.165, 1.54) is 12.3 Å². The number of alkyl halides is 1. The molecular weight excluding hydrogens is 293 g/mol. The molecule has 0 spiro atoms. The standard InChI is InChI=1S/C15H17ClFN3O/c16-7-3-8-20-15(21)13(10-18)11-19-9-6-12-4-1-2-5-14(12)17/h1-2,4-5,11,19H,3,6-9H2,(H,20,21)/b13-11-. The molecule has 0 atom stereocenters. The van der Waals surface area contributed by atoms with Crippen LogP contribution in [0.1, 0.15) is 12.0 Å². The molecule has 0 bridgehead atoms. The Morgan fingerprint density at radius 1 is 1.38 bits per heavy atom. The molecule has 6 heteroatoms. The molecule has 0 fully saturated rings. The number of benzene rings is 1. The van der Waals surface area contributed by atoms with Crippen molar-refractivity contribution in [2.75, 3.05) is 19.0 Å². The summed E-state index contributed by atoms with van der Waals surface area (Å²) in [4.78, 5) is 11.6. The van der Waals surface area contributed by atoms with E-state index in [0.29, 0.717) is 37.4 Å². The number of nitriles is 1. The molecule has 1 rings (SSSR count). The van der Waals surface area contributed by atoms with Gasteiger partial charge in [-0.2, -0.15) is 5.26 Å². The minimum atomic E-state index is -0.444. The third-order valence-electron chi connectivity index (χ3n) is 2.70. The van der Waals surface area contributed by atoms with Crippen molar-refractivity contribution in [2.24, 2.45) is 0 Å². The Morgan fingerprint density at radius 3 is 2.81 bits per heavy atom. The lowest BCUT2D eigenvalue weighted by Gasteiger charge is -2.05. The number of carbonyl (C=O) groups excluding carboxylic acids is 1. The summed E-state index contributed by atoms with van der Waals surface area (Å²) in [7, 11) is 0. The van der Waals surface area contributed by atoms with Gasteiger partial charge in [0.1, 0.15) is 17.5 Å². The van der Waals surface area contributed by atoms with Crippen LogP contribution in [-0.4, -0.2) is 24.9 Å². The molecule has 0 saturated carbocycles. The fourth-order valence-electron chi connectivity index (χ4n) is 1.59. The maximum absolute atomic E-state index is 13.4. The van der Waals surface area contributed by atoms with Gasteiger partial charge in [-0.3, -0.25) is 4.79 Å². The first kappa shape index (κ1) is 17.0. The zero-order valence-corrected chi connectivity index (χ0v) is 12.3. The van der Waals surface area contributed by atoms with Gasteiger partial charge in [-0.05, 0) is 24.5 Å². The zero-order valence-electron chi connectivity index (χ0n) is 11.5. The second kappa shape index (κ2) is 9.78. The van der Waals surface area contributed by atoms with Crippen molar-refractivity contribution in [1.29, 1.82) is 5.26 Å². The largest absolute Gasteiger partial charge is 0.389 e. The smallest absolute Gasteiger partial charge is 0.263 e. The van der Waals surface area contributed by atoms with Crippen LogP contribution < -0.4 is 10.6 Å². The molecule has 0 aliphatic heterocycles. The second-order valence-electron chi connectivity index (χ2n) is 4.26. The number of nitrogens with one attached hydrogen (secondary N) is 2. The van der Waals surface area contributed by atoms with E-state index in [-0.39, 0.29) is 11.4 Å². The lowest BCUT2D eigenvalue weighted by atomic mass is 10.1. The van der Waals surface area contributed by atoms with Gasteiger partial charge in [0.25, 0.3) is 5.91 Å². The van der Waals surface area contributed by atoms with Crippen molar-refractivity contribution >= 4 is 17.5 Å². The fraction of sp³-hybridized carbons (Fsp3) is 0.333. The average Bonchev–Trinajstić information content (AvgIpc) is 2.49. The molecular formula is C15H17ClFN3O. The van der Waals surface area contributed by atoms with Crippen LogP contribution in [0.25, 0.3) is 0 Å². The summed E-state index contributed by atoms with van der Waals surface area (Å²) in [6.07, 6.45) is 2.46. The highest BCUT2D eigenvalue weighted by Crippen LogP contribution is 2.06. The fourth-order valence-corrected chi connectivity index (χ4v) is 1.73. The summed E-state index contributed by atoms with van der Waals surface area (Å²) in [5.41, 5.74) is 0.571. The minimum absolute atomic E-state index is 0.0156. The van der Waals surface area contributed by atoms with E-state index in [4.69, 9.17) is 16.9 Å². The van der Waals surface area contributed by atoms with Gasteiger partial charge in [-0.25, -0.2) is 4.39 Å². The van der Waals surface area contributed by atoms with E-state index >= 15 is 0 Å². The molecule has 0 radical (unpaired) electrons. The number of rotatable bonds is 8. The van der Waals surface area contributed by atoms with Crippen LogP contribution >= 0.6 is 11.6 Å².